The van der Waals surface area contributed by atoms with Gasteiger partial charge in [-0.1, -0.05) is 53.8 Å². The van der Waals surface area contributed by atoms with Crippen molar-refractivity contribution in [1.82, 2.24) is 4.98 Å². The quantitative estimate of drug-likeness (QED) is 0.404. The van der Waals surface area contributed by atoms with Crippen molar-refractivity contribution in [3.05, 3.63) is 89.5 Å². The molecule has 0 atom stereocenters. The van der Waals surface area contributed by atoms with Crippen molar-refractivity contribution in [2.45, 2.75) is 6.54 Å². The third-order valence-electron chi connectivity index (χ3n) is 4.81. The second kappa shape index (κ2) is 8.97. The van der Waals surface area contributed by atoms with Crippen LogP contribution < -0.4 is 9.64 Å². The zero-order valence-corrected chi connectivity index (χ0v) is 17.9. The van der Waals surface area contributed by atoms with E-state index >= 15 is 0 Å². The third-order valence-corrected chi connectivity index (χ3v) is 5.85. The molecule has 0 bridgehead atoms. The number of thiazole rings is 1. The SMILES string of the molecule is COC(=O)c1ccccc1C(=O)N(Cc1ccccc1)c1nc2ccc(OC)cc2s1. The van der Waals surface area contributed by atoms with Crippen molar-refractivity contribution in [3.8, 4) is 5.75 Å². The summed E-state index contributed by atoms with van der Waals surface area (Å²) in [4.78, 5) is 32.2. The molecule has 0 N–H and O–H groups in total. The number of benzene rings is 3. The maximum atomic E-state index is 13.7. The van der Waals surface area contributed by atoms with Gasteiger partial charge in [-0.05, 0) is 35.9 Å². The predicted molar refractivity (Wildman–Crippen MR) is 121 cm³/mol. The van der Waals surface area contributed by atoms with E-state index < -0.39 is 5.97 Å². The molecule has 0 saturated carbocycles. The lowest BCUT2D eigenvalue weighted by molar-refractivity contribution is 0.0597. The molecule has 7 heteroatoms. The Labute approximate surface area is 183 Å². The Hall–Kier alpha value is -3.71. The fourth-order valence-electron chi connectivity index (χ4n) is 3.23. The van der Waals surface area contributed by atoms with Crippen LogP contribution in [0, 0.1) is 0 Å². The highest BCUT2D eigenvalue weighted by Gasteiger charge is 2.26. The van der Waals surface area contributed by atoms with Gasteiger partial charge in [0, 0.05) is 0 Å². The molecule has 1 aromatic heterocycles. The molecule has 1 heterocycles. The van der Waals surface area contributed by atoms with Crippen molar-refractivity contribution >= 4 is 38.6 Å². The van der Waals surface area contributed by atoms with Crippen LogP contribution in [-0.4, -0.2) is 31.1 Å². The number of esters is 1. The smallest absolute Gasteiger partial charge is 0.338 e. The van der Waals surface area contributed by atoms with Crippen molar-refractivity contribution < 1.29 is 19.1 Å². The molecule has 6 nitrogen and oxygen atoms in total. The topological polar surface area (TPSA) is 68.7 Å². The van der Waals surface area contributed by atoms with Crippen molar-refractivity contribution in [1.29, 1.82) is 0 Å². The lowest BCUT2D eigenvalue weighted by Gasteiger charge is -2.21. The Morgan fingerprint density at radius 1 is 0.935 bits per heavy atom. The van der Waals surface area contributed by atoms with E-state index in [2.05, 4.69) is 4.98 Å². The van der Waals surface area contributed by atoms with Crippen molar-refractivity contribution in [2.24, 2.45) is 0 Å². The van der Waals surface area contributed by atoms with E-state index in [4.69, 9.17) is 9.47 Å². The Morgan fingerprint density at radius 3 is 2.35 bits per heavy atom. The molecule has 0 unspecified atom stereocenters. The summed E-state index contributed by atoms with van der Waals surface area (Å²) in [7, 11) is 2.91. The average molecular weight is 433 g/mol. The zero-order chi connectivity index (χ0) is 21.8. The van der Waals surface area contributed by atoms with E-state index in [0.717, 1.165) is 21.5 Å². The van der Waals surface area contributed by atoms with Gasteiger partial charge < -0.3 is 9.47 Å². The number of fused-ring (bicyclic) bond motifs is 1. The maximum absolute atomic E-state index is 13.7. The molecule has 0 aliphatic rings. The molecule has 1 amide bonds. The number of hydrogen-bond acceptors (Lipinski definition) is 6. The molecule has 0 aliphatic carbocycles. The third kappa shape index (κ3) is 4.27. The summed E-state index contributed by atoms with van der Waals surface area (Å²) in [6.07, 6.45) is 0. The Balaban J connectivity index is 1.80. The second-order valence-electron chi connectivity index (χ2n) is 6.74. The first-order valence-electron chi connectivity index (χ1n) is 9.58. The van der Waals surface area contributed by atoms with Gasteiger partial charge in [-0.3, -0.25) is 9.69 Å². The summed E-state index contributed by atoms with van der Waals surface area (Å²) in [5.41, 5.74) is 2.20. The van der Waals surface area contributed by atoms with Gasteiger partial charge in [0.2, 0.25) is 0 Å². The van der Waals surface area contributed by atoms with E-state index in [9.17, 15) is 9.59 Å². The molecule has 31 heavy (non-hydrogen) atoms. The summed E-state index contributed by atoms with van der Waals surface area (Å²) < 4.78 is 11.1. The van der Waals surface area contributed by atoms with Crippen LogP contribution in [0.5, 0.6) is 5.75 Å². The summed E-state index contributed by atoms with van der Waals surface area (Å²) >= 11 is 1.39. The van der Waals surface area contributed by atoms with E-state index in [0.29, 0.717) is 11.7 Å². The summed E-state index contributed by atoms with van der Waals surface area (Å²) in [6, 6.07) is 21.9. The molecule has 0 saturated heterocycles. The molecule has 4 aromatic rings. The fraction of sp³-hybridized carbons (Fsp3) is 0.125. The van der Waals surface area contributed by atoms with Crippen LogP contribution in [0.4, 0.5) is 5.13 Å². The van der Waals surface area contributed by atoms with Crippen LogP contribution in [-0.2, 0) is 11.3 Å². The number of carbonyl (C=O) groups is 2. The van der Waals surface area contributed by atoms with Gasteiger partial charge in [-0.2, -0.15) is 0 Å². The first kappa shape index (κ1) is 20.6. The van der Waals surface area contributed by atoms with Gasteiger partial charge in [0.25, 0.3) is 5.91 Å². The van der Waals surface area contributed by atoms with Crippen molar-refractivity contribution in [2.75, 3.05) is 19.1 Å². The van der Waals surface area contributed by atoms with Crippen LogP contribution in [0.1, 0.15) is 26.3 Å². The van der Waals surface area contributed by atoms with E-state index in [1.165, 1.54) is 18.4 Å². The van der Waals surface area contributed by atoms with E-state index in [1.54, 1.807) is 36.3 Å². The molecule has 156 valence electrons. The molecular weight excluding hydrogens is 412 g/mol. The lowest BCUT2D eigenvalue weighted by atomic mass is 10.1. The minimum Gasteiger partial charge on any atom is -0.497 e. The predicted octanol–water partition coefficient (Wildman–Crippen LogP) is 4.94. The number of carbonyl (C=O) groups excluding carboxylic acids is 2. The normalized spacial score (nSPS) is 10.6. The van der Waals surface area contributed by atoms with Gasteiger partial charge in [-0.25, -0.2) is 9.78 Å². The Kier molecular flexibility index (Phi) is 5.95. The summed E-state index contributed by atoms with van der Waals surface area (Å²) in [6.45, 7) is 0.312. The number of aromatic nitrogens is 1. The van der Waals surface area contributed by atoms with E-state index in [-0.39, 0.29) is 17.0 Å². The van der Waals surface area contributed by atoms with Gasteiger partial charge in [0.05, 0.1) is 42.1 Å². The van der Waals surface area contributed by atoms with Crippen LogP contribution in [0.3, 0.4) is 0 Å². The fourth-order valence-corrected chi connectivity index (χ4v) is 4.22. The van der Waals surface area contributed by atoms with Crippen molar-refractivity contribution in [3.63, 3.8) is 0 Å². The standard InChI is InChI=1S/C24H20N2O4S/c1-29-17-12-13-20-21(14-17)31-24(25-20)26(15-16-8-4-3-5-9-16)22(27)18-10-6-7-11-19(18)23(28)30-2/h3-14H,15H2,1-2H3. The van der Waals surface area contributed by atoms with Crippen LogP contribution in [0.15, 0.2) is 72.8 Å². The largest absolute Gasteiger partial charge is 0.497 e. The second-order valence-corrected chi connectivity index (χ2v) is 7.75. The molecule has 0 aliphatic heterocycles. The van der Waals surface area contributed by atoms with Crippen LogP contribution in [0.2, 0.25) is 0 Å². The van der Waals surface area contributed by atoms with Gasteiger partial charge in [-0.15, -0.1) is 0 Å². The lowest BCUT2D eigenvalue weighted by Crippen LogP contribution is -2.31. The highest BCUT2D eigenvalue weighted by Crippen LogP contribution is 2.33. The molecule has 3 aromatic carbocycles. The Morgan fingerprint density at radius 2 is 1.65 bits per heavy atom. The molecule has 0 spiro atoms. The first-order chi connectivity index (χ1) is 15.1. The summed E-state index contributed by atoms with van der Waals surface area (Å²) in [5, 5.41) is 0.539. The molecule has 4 rings (SSSR count). The van der Waals surface area contributed by atoms with Gasteiger partial charge >= 0.3 is 5.97 Å². The number of anilines is 1. The highest BCUT2D eigenvalue weighted by atomic mass is 32.1. The van der Waals surface area contributed by atoms with Gasteiger partial charge in [0.1, 0.15) is 5.75 Å². The molecule has 0 fully saturated rings. The summed E-state index contributed by atoms with van der Waals surface area (Å²) in [5.74, 6) is -0.159. The van der Waals surface area contributed by atoms with Crippen LogP contribution in [0.25, 0.3) is 10.2 Å². The highest BCUT2D eigenvalue weighted by molar-refractivity contribution is 7.22. The monoisotopic (exact) mass is 432 g/mol. The molecule has 0 radical (unpaired) electrons. The number of hydrogen-bond donors (Lipinski definition) is 0. The van der Waals surface area contributed by atoms with Crippen LogP contribution >= 0.6 is 11.3 Å². The minimum atomic E-state index is -0.558. The maximum Gasteiger partial charge on any atom is 0.338 e. The number of nitrogens with zero attached hydrogens (tertiary/aromatic N) is 2. The van der Waals surface area contributed by atoms with E-state index in [1.807, 2.05) is 48.5 Å². The number of rotatable bonds is 6. The number of amides is 1. The molecular formula is C24H20N2O4S. The van der Waals surface area contributed by atoms with Gasteiger partial charge in [0.15, 0.2) is 5.13 Å². The average Bonchev–Trinajstić information content (AvgIpc) is 3.25. The first-order valence-corrected chi connectivity index (χ1v) is 10.4. The number of ether oxygens (including phenoxy) is 2. The minimum absolute atomic E-state index is 0.218. The zero-order valence-electron chi connectivity index (χ0n) is 17.1. The number of methoxy groups -OCH3 is 2. The Bertz CT molecular complexity index is 1240.